The highest BCUT2D eigenvalue weighted by Gasteiger charge is 2.64. The van der Waals surface area contributed by atoms with Gasteiger partial charge in [0, 0.05) is 12.6 Å². The van der Waals surface area contributed by atoms with Gasteiger partial charge in [0.25, 0.3) is 0 Å². The fourth-order valence-corrected chi connectivity index (χ4v) is 4.70. The first-order valence-corrected chi connectivity index (χ1v) is 10.5. The van der Waals surface area contributed by atoms with Crippen molar-refractivity contribution in [2.24, 2.45) is 11.8 Å². The number of anilines is 1. The molecule has 0 aliphatic carbocycles. The number of imide groups is 1. The summed E-state index contributed by atoms with van der Waals surface area (Å²) in [5.74, 6) is -5.12. The number of halogens is 4. The zero-order chi connectivity index (χ0) is 25.5. The fourth-order valence-electron chi connectivity index (χ4n) is 4.70. The number of para-hydroxylation sites is 1. The number of carboxylic acid groups (broad SMARTS) is 1. The minimum absolute atomic E-state index is 0.165. The second-order valence-electron chi connectivity index (χ2n) is 8.20. The Morgan fingerprint density at radius 1 is 0.914 bits per heavy atom. The SMILES string of the molecule is O=C(O)C(F)(F)F.O=C1C=CC2C3C(=O)N(c4ccccc4)C(=O)C3C1N2Cc1ccc(F)cc1. The summed E-state index contributed by atoms with van der Waals surface area (Å²) in [5, 5.41) is 7.12. The number of hydrogen-bond donors (Lipinski definition) is 1. The van der Waals surface area contributed by atoms with Crippen LogP contribution in [0.5, 0.6) is 0 Å². The molecular weight excluding hydrogens is 472 g/mol. The molecular formula is C24H18F4N2O5. The molecule has 11 heteroatoms. The van der Waals surface area contributed by atoms with Gasteiger partial charge in [0.15, 0.2) is 5.78 Å². The largest absolute Gasteiger partial charge is 0.490 e. The van der Waals surface area contributed by atoms with E-state index in [1.54, 1.807) is 42.5 Å². The molecule has 182 valence electrons. The number of hydrogen-bond acceptors (Lipinski definition) is 5. The van der Waals surface area contributed by atoms with E-state index in [0.717, 1.165) is 5.56 Å². The van der Waals surface area contributed by atoms with E-state index in [0.29, 0.717) is 12.2 Å². The van der Waals surface area contributed by atoms with Gasteiger partial charge in [-0.2, -0.15) is 13.2 Å². The van der Waals surface area contributed by atoms with Crippen molar-refractivity contribution in [3.8, 4) is 0 Å². The van der Waals surface area contributed by atoms with Gasteiger partial charge in [-0.25, -0.2) is 14.1 Å². The van der Waals surface area contributed by atoms with Crippen LogP contribution in [0.3, 0.4) is 0 Å². The number of carbonyl (C=O) groups is 4. The van der Waals surface area contributed by atoms with Crippen molar-refractivity contribution in [1.29, 1.82) is 0 Å². The van der Waals surface area contributed by atoms with E-state index in [4.69, 9.17) is 9.90 Å². The monoisotopic (exact) mass is 490 g/mol. The van der Waals surface area contributed by atoms with Gasteiger partial charge in [0.2, 0.25) is 11.8 Å². The van der Waals surface area contributed by atoms with Gasteiger partial charge in [-0.3, -0.25) is 19.3 Å². The first-order chi connectivity index (χ1) is 16.5. The number of aliphatic carboxylic acids is 1. The van der Waals surface area contributed by atoms with E-state index < -0.39 is 30.0 Å². The van der Waals surface area contributed by atoms with Gasteiger partial charge in [0.1, 0.15) is 5.82 Å². The van der Waals surface area contributed by atoms with Crippen LogP contribution in [0.2, 0.25) is 0 Å². The second kappa shape index (κ2) is 9.06. The summed E-state index contributed by atoms with van der Waals surface area (Å²) in [4.78, 5) is 51.0. The number of carbonyl (C=O) groups excluding carboxylic acids is 3. The molecule has 35 heavy (non-hydrogen) atoms. The Balaban J connectivity index is 0.000000364. The van der Waals surface area contributed by atoms with Crippen molar-refractivity contribution in [2.75, 3.05) is 4.90 Å². The molecule has 0 aromatic heterocycles. The van der Waals surface area contributed by atoms with Crippen LogP contribution in [-0.2, 0) is 25.7 Å². The summed E-state index contributed by atoms with van der Waals surface area (Å²) >= 11 is 0. The van der Waals surface area contributed by atoms with Crippen molar-refractivity contribution < 1.29 is 41.8 Å². The van der Waals surface area contributed by atoms with Crippen LogP contribution in [0.15, 0.2) is 66.7 Å². The molecule has 1 N–H and O–H groups in total. The molecule has 4 atom stereocenters. The van der Waals surface area contributed by atoms with Crippen LogP contribution in [0, 0.1) is 17.7 Å². The highest BCUT2D eigenvalue weighted by Crippen LogP contribution is 2.47. The molecule has 2 bridgehead atoms. The van der Waals surface area contributed by atoms with Crippen LogP contribution in [0.25, 0.3) is 0 Å². The number of ketones is 1. The summed E-state index contributed by atoms with van der Waals surface area (Å²) in [6, 6.07) is 13.9. The van der Waals surface area contributed by atoms with E-state index >= 15 is 0 Å². The van der Waals surface area contributed by atoms with Gasteiger partial charge in [-0.1, -0.05) is 36.4 Å². The van der Waals surface area contributed by atoms with Crippen LogP contribution >= 0.6 is 0 Å². The Kier molecular flexibility index (Phi) is 6.28. The van der Waals surface area contributed by atoms with E-state index in [9.17, 15) is 31.9 Å². The van der Waals surface area contributed by atoms with Gasteiger partial charge >= 0.3 is 12.1 Å². The third-order valence-electron chi connectivity index (χ3n) is 6.13. The topological polar surface area (TPSA) is 95.0 Å². The maximum Gasteiger partial charge on any atom is 0.490 e. The molecule has 5 rings (SSSR count). The minimum Gasteiger partial charge on any atom is -0.475 e. The number of fused-ring (bicyclic) bond motifs is 5. The predicted octanol–water partition coefficient (Wildman–Crippen LogP) is 2.96. The lowest BCUT2D eigenvalue weighted by molar-refractivity contribution is -0.192. The molecule has 0 spiro atoms. The normalized spacial score (nSPS) is 25.4. The van der Waals surface area contributed by atoms with Crippen molar-refractivity contribution in [1.82, 2.24) is 4.90 Å². The number of nitrogens with zero attached hydrogens (tertiary/aromatic N) is 2. The van der Waals surface area contributed by atoms with E-state index in [-0.39, 0.29) is 29.5 Å². The van der Waals surface area contributed by atoms with Gasteiger partial charge in [-0.05, 0) is 35.9 Å². The molecule has 2 aromatic carbocycles. The first-order valence-electron chi connectivity index (χ1n) is 10.5. The Labute approximate surface area is 196 Å². The quantitative estimate of drug-likeness (QED) is 0.525. The number of alkyl halides is 3. The average molecular weight is 490 g/mol. The van der Waals surface area contributed by atoms with Gasteiger partial charge in [0.05, 0.1) is 23.6 Å². The molecule has 3 aliphatic heterocycles. The summed E-state index contributed by atoms with van der Waals surface area (Å²) in [7, 11) is 0. The lowest BCUT2D eigenvalue weighted by Crippen LogP contribution is -2.48. The molecule has 2 amide bonds. The molecule has 0 radical (unpaired) electrons. The number of benzene rings is 2. The summed E-state index contributed by atoms with van der Waals surface area (Å²) < 4.78 is 44.9. The van der Waals surface area contributed by atoms with Crippen LogP contribution in [-0.4, -0.2) is 51.8 Å². The maximum absolute atomic E-state index is 13.2. The molecule has 0 saturated carbocycles. The van der Waals surface area contributed by atoms with Crippen LogP contribution in [0.1, 0.15) is 5.56 Å². The molecule has 3 aliphatic rings. The van der Waals surface area contributed by atoms with Gasteiger partial charge in [-0.15, -0.1) is 0 Å². The molecule has 2 aromatic rings. The van der Waals surface area contributed by atoms with Crippen molar-refractivity contribution in [2.45, 2.75) is 24.8 Å². The Hall–Kier alpha value is -3.86. The summed E-state index contributed by atoms with van der Waals surface area (Å²) in [5.41, 5.74) is 1.37. The molecule has 7 nitrogen and oxygen atoms in total. The fraction of sp³-hybridized carbons (Fsp3) is 0.250. The lowest BCUT2D eigenvalue weighted by atomic mass is 9.90. The zero-order valence-electron chi connectivity index (χ0n) is 17.9. The highest BCUT2D eigenvalue weighted by atomic mass is 19.4. The third-order valence-corrected chi connectivity index (χ3v) is 6.13. The van der Waals surface area contributed by atoms with Crippen molar-refractivity contribution >= 4 is 29.3 Å². The zero-order valence-corrected chi connectivity index (χ0v) is 17.9. The Morgan fingerprint density at radius 2 is 1.49 bits per heavy atom. The smallest absolute Gasteiger partial charge is 0.475 e. The maximum atomic E-state index is 13.2. The lowest BCUT2D eigenvalue weighted by Gasteiger charge is -2.33. The Morgan fingerprint density at radius 3 is 2.06 bits per heavy atom. The second-order valence-corrected chi connectivity index (χ2v) is 8.20. The minimum atomic E-state index is -5.08. The third kappa shape index (κ3) is 4.46. The predicted molar refractivity (Wildman–Crippen MR) is 113 cm³/mol. The molecule has 4 unspecified atom stereocenters. The molecule has 3 heterocycles. The van der Waals surface area contributed by atoms with E-state index in [1.807, 2.05) is 11.0 Å². The standard InChI is InChI=1S/C22H17FN2O3.C2HF3O2/c23-14-8-6-13(7-9-14)12-24-16-10-11-17(26)20(24)19-18(16)21(27)25(22(19)28)15-4-2-1-3-5-15;3-2(4,5)1(6)7/h1-11,16,18-20H,12H2;(H,6,7). The van der Waals surface area contributed by atoms with Crippen LogP contribution in [0.4, 0.5) is 23.2 Å². The summed E-state index contributed by atoms with van der Waals surface area (Å²) in [6.45, 7) is 0.380. The molecule has 2 fully saturated rings. The van der Waals surface area contributed by atoms with E-state index in [2.05, 4.69) is 0 Å². The summed E-state index contributed by atoms with van der Waals surface area (Å²) in [6.07, 6.45) is -1.87. The average Bonchev–Trinajstić information content (AvgIpc) is 3.19. The number of amides is 2. The van der Waals surface area contributed by atoms with Crippen LogP contribution < -0.4 is 4.90 Å². The number of rotatable bonds is 3. The van der Waals surface area contributed by atoms with E-state index in [1.165, 1.54) is 23.1 Å². The Bertz CT molecular complexity index is 1200. The first kappa shape index (κ1) is 24.3. The highest BCUT2D eigenvalue weighted by molar-refractivity contribution is 6.24. The van der Waals surface area contributed by atoms with Crippen molar-refractivity contribution in [3.63, 3.8) is 0 Å². The molecule has 2 saturated heterocycles. The number of carboxylic acids is 1. The van der Waals surface area contributed by atoms with Crippen molar-refractivity contribution in [3.05, 3.63) is 78.1 Å². The van der Waals surface area contributed by atoms with Gasteiger partial charge < -0.3 is 5.11 Å².